The van der Waals surface area contributed by atoms with Gasteiger partial charge in [0, 0.05) is 28.7 Å². The second kappa shape index (κ2) is 9.31. The summed E-state index contributed by atoms with van der Waals surface area (Å²) in [5.41, 5.74) is 2.02. The SMILES string of the molecule is COc1ccc(CNCc2cc(Br)cc(Br)c2OC)c(OC)c1OC. The molecule has 2 rings (SSSR count). The Bertz CT molecular complexity index is 738. The average Bonchev–Trinajstić information content (AvgIpc) is 2.60. The number of halogens is 2. The molecule has 0 aliphatic carbocycles. The lowest BCUT2D eigenvalue weighted by molar-refractivity contribution is 0.321. The van der Waals surface area contributed by atoms with Gasteiger partial charge in [-0.25, -0.2) is 0 Å². The summed E-state index contributed by atoms with van der Waals surface area (Å²) in [5.74, 6) is 2.71. The van der Waals surface area contributed by atoms with Crippen LogP contribution >= 0.6 is 31.9 Å². The Labute approximate surface area is 164 Å². The molecular formula is C18H21Br2NO4. The maximum absolute atomic E-state index is 5.51. The van der Waals surface area contributed by atoms with Gasteiger partial charge in [0.25, 0.3) is 0 Å². The molecule has 0 saturated carbocycles. The van der Waals surface area contributed by atoms with Crippen molar-refractivity contribution >= 4 is 31.9 Å². The first-order valence-electron chi connectivity index (χ1n) is 7.56. The Morgan fingerprint density at radius 1 is 0.760 bits per heavy atom. The van der Waals surface area contributed by atoms with Crippen LogP contribution in [0.25, 0.3) is 0 Å². The molecule has 0 fully saturated rings. The lowest BCUT2D eigenvalue weighted by Crippen LogP contribution is -2.14. The first kappa shape index (κ1) is 19.9. The molecular weight excluding hydrogens is 454 g/mol. The smallest absolute Gasteiger partial charge is 0.203 e. The lowest BCUT2D eigenvalue weighted by atomic mass is 10.1. The molecule has 2 aromatic rings. The van der Waals surface area contributed by atoms with Crippen LogP contribution in [0.15, 0.2) is 33.2 Å². The van der Waals surface area contributed by atoms with Gasteiger partial charge in [0.15, 0.2) is 11.5 Å². The molecule has 0 spiro atoms. The van der Waals surface area contributed by atoms with Crippen LogP contribution in [0.2, 0.25) is 0 Å². The van der Waals surface area contributed by atoms with Gasteiger partial charge in [-0.3, -0.25) is 0 Å². The van der Waals surface area contributed by atoms with Gasteiger partial charge in [-0.1, -0.05) is 22.0 Å². The Balaban J connectivity index is 2.18. The summed E-state index contributed by atoms with van der Waals surface area (Å²) in [6.45, 7) is 1.25. The van der Waals surface area contributed by atoms with Gasteiger partial charge < -0.3 is 24.3 Å². The molecule has 25 heavy (non-hydrogen) atoms. The number of methoxy groups -OCH3 is 4. The zero-order valence-electron chi connectivity index (χ0n) is 14.6. The van der Waals surface area contributed by atoms with Crippen molar-refractivity contribution in [3.05, 3.63) is 44.3 Å². The Morgan fingerprint density at radius 2 is 1.40 bits per heavy atom. The highest BCUT2D eigenvalue weighted by Gasteiger charge is 2.16. The van der Waals surface area contributed by atoms with Crippen LogP contribution in [-0.4, -0.2) is 28.4 Å². The number of ether oxygens (including phenoxy) is 4. The van der Waals surface area contributed by atoms with E-state index >= 15 is 0 Å². The molecule has 0 aromatic heterocycles. The fraction of sp³-hybridized carbons (Fsp3) is 0.333. The topological polar surface area (TPSA) is 49.0 Å². The van der Waals surface area contributed by atoms with Crippen molar-refractivity contribution in [3.63, 3.8) is 0 Å². The van der Waals surface area contributed by atoms with Gasteiger partial charge in [-0.2, -0.15) is 0 Å². The second-order valence-electron chi connectivity index (χ2n) is 5.18. The number of benzene rings is 2. The van der Waals surface area contributed by atoms with Crippen molar-refractivity contribution in [3.8, 4) is 23.0 Å². The van der Waals surface area contributed by atoms with Gasteiger partial charge in [0.05, 0.1) is 32.9 Å². The summed E-state index contributed by atoms with van der Waals surface area (Å²) in [6, 6.07) is 7.82. The van der Waals surface area contributed by atoms with E-state index in [4.69, 9.17) is 18.9 Å². The first-order valence-corrected chi connectivity index (χ1v) is 9.14. The zero-order chi connectivity index (χ0) is 18.4. The predicted molar refractivity (Wildman–Crippen MR) is 105 cm³/mol. The number of hydrogen-bond donors (Lipinski definition) is 1. The Hall–Kier alpha value is -1.44. The van der Waals surface area contributed by atoms with Crippen molar-refractivity contribution in [2.24, 2.45) is 0 Å². The summed E-state index contributed by atoms with van der Waals surface area (Å²) < 4.78 is 23.6. The molecule has 0 bridgehead atoms. The monoisotopic (exact) mass is 473 g/mol. The van der Waals surface area contributed by atoms with Gasteiger partial charge in [0.1, 0.15) is 5.75 Å². The summed E-state index contributed by atoms with van der Waals surface area (Å²) in [5, 5.41) is 3.41. The van der Waals surface area contributed by atoms with Gasteiger partial charge in [-0.15, -0.1) is 0 Å². The summed E-state index contributed by atoms with van der Waals surface area (Å²) in [6.07, 6.45) is 0. The molecule has 0 atom stereocenters. The van der Waals surface area contributed by atoms with E-state index in [2.05, 4.69) is 37.2 Å². The minimum absolute atomic E-state index is 0.590. The second-order valence-corrected chi connectivity index (χ2v) is 6.95. The molecule has 0 heterocycles. The molecule has 0 unspecified atom stereocenters. The summed E-state index contributed by atoms with van der Waals surface area (Å²) in [7, 11) is 6.48. The van der Waals surface area contributed by atoms with E-state index in [0.717, 1.165) is 25.8 Å². The van der Waals surface area contributed by atoms with E-state index < -0.39 is 0 Å². The Kier molecular flexibility index (Phi) is 7.40. The molecule has 0 aliphatic rings. The van der Waals surface area contributed by atoms with E-state index in [1.807, 2.05) is 24.3 Å². The number of nitrogens with one attached hydrogen (secondary N) is 1. The third-order valence-electron chi connectivity index (χ3n) is 3.71. The maximum atomic E-state index is 5.51. The van der Waals surface area contributed by atoms with E-state index in [-0.39, 0.29) is 0 Å². The van der Waals surface area contributed by atoms with Crippen LogP contribution in [0.4, 0.5) is 0 Å². The minimum Gasteiger partial charge on any atom is -0.495 e. The molecule has 0 amide bonds. The molecule has 5 nitrogen and oxygen atoms in total. The van der Waals surface area contributed by atoms with Crippen molar-refractivity contribution in [1.82, 2.24) is 5.32 Å². The fourth-order valence-electron chi connectivity index (χ4n) is 2.61. The van der Waals surface area contributed by atoms with Crippen LogP contribution in [0.5, 0.6) is 23.0 Å². The number of rotatable bonds is 8. The molecule has 0 aliphatic heterocycles. The van der Waals surface area contributed by atoms with E-state index in [1.165, 1.54) is 0 Å². The molecule has 0 saturated heterocycles. The molecule has 136 valence electrons. The quantitative estimate of drug-likeness (QED) is 0.608. The van der Waals surface area contributed by atoms with E-state index in [9.17, 15) is 0 Å². The first-order chi connectivity index (χ1) is 12.0. The highest BCUT2D eigenvalue weighted by atomic mass is 79.9. The standard InChI is InChI=1S/C18H21Br2NO4/c1-22-15-6-5-11(17(24-3)18(15)25-4)9-21-10-12-7-13(19)8-14(20)16(12)23-2/h5-8,21H,9-10H2,1-4H3. The van der Waals surface area contributed by atoms with Gasteiger partial charge in [0.2, 0.25) is 5.75 Å². The number of hydrogen-bond acceptors (Lipinski definition) is 5. The molecule has 2 aromatic carbocycles. The maximum Gasteiger partial charge on any atom is 0.203 e. The molecule has 1 N–H and O–H groups in total. The van der Waals surface area contributed by atoms with E-state index in [0.29, 0.717) is 30.3 Å². The lowest BCUT2D eigenvalue weighted by Gasteiger charge is -2.17. The van der Waals surface area contributed by atoms with Gasteiger partial charge >= 0.3 is 0 Å². The summed E-state index contributed by atoms with van der Waals surface area (Å²) in [4.78, 5) is 0. The highest BCUT2D eigenvalue weighted by Crippen LogP contribution is 2.39. The fourth-order valence-corrected chi connectivity index (χ4v) is 4.08. The third kappa shape index (κ3) is 4.59. The van der Waals surface area contributed by atoms with Crippen LogP contribution in [-0.2, 0) is 13.1 Å². The summed E-state index contributed by atoms with van der Waals surface area (Å²) >= 11 is 7.03. The zero-order valence-corrected chi connectivity index (χ0v) is 17.8. The third-order valence-corrected chi connectivity index (χ3v) is 4.75. The highest BCUT2D eigenvalue weighted by molar-refractivity contribution is 9.11. The van der Waals surface area contributed by atoms with Gasteiger partial charge in [-0.05, 0) is 34.1 Å². The Morgan fingerprint density at radius 3 is 2.00 bits per heavy atom. The molecule has 7 heteroatoms. The van der Waals surface area contributed by atoms with Crippen molar-refractivity contribution in [2.75, 3.05) is 28.4 Å². The largest absolute Gasteiger partial charge is 0.495 e. The van der Waals surface area contributed by atoms with E-state index in [1.54, 1.807) is 28.4 Å². The predicted octanol–water partition coefficient (Wildman–Crippen LogP) is 4.54. The van der Waals surface area contributed by atoms with Crippen LogP contribution in [0, 0.1) is 0 Å². The van der Waals surface area contributed by atoms with Crippen LogP contribution in [0.3, 0.4) is 0 Å². The average molecular weight is 475 g/mol. The minimum atomic E-state index is 0.590. The van der Waals surface area contributed by atoms with Crippen molar-refractivity contribution in [2.45, 2.75) is 13.1 Å². The van der Waals surface area contributed by atoms with Crippen LogP contribution in [0.1, 0.15) is 11.1 Å². The normalized spacial score (nSPS) is 10.5. The molecule has 0 radical (unpaired) electrons. The van der Waals surface area contributed by atoms with Crippen molar-refractivity contribution in [1.29, 1.82) is 0 Å². The van der Waals surface area contributed by atoms with Crippen molar-refractivity contribution < 1.29 is 18.9 Å². The van der Waals surface area contributed by atoms with Crippen LogP contribution < -0.4 is 24.3 Å².